The molecule has 0 bridgehead atoms. The van der Waals surface area contributed by atoms with Gasteiger partial charge in [-0.25, -0.2) is 4.98 Å². The fourth-order valence-corrected chi connectivity index (χ4v) is 2.63. The van der Waals surface area contributed by atoms with Crippen molar-refractivity contribution in [3.05, 3.63) is 41.4 Å². The number of rotatable bonds is 2. The van der Waals surface area contributed by atoms with Gasteiger partial charge in [0, 0.05) is 18.7 Å². The zero-order chi connectivity index (χ0) is 14.8. The van der Waals surface area contributed by atoms with Crippen LogP contribution in [-0.4, -0.2) is 28.9 Å². The van der Waals surface area contributed by atoms with Crippen molar-refractivity contribution in [2.45, 2.75) is 19.8 Å². The zero-order valence-electron chi connectivity index (χ0n) is 11.8. The van der Waals surface area contributed by atoms with Crippen molar-refractivity contribution in [1.82, 2.24) is 9.88 Å². The van der Waals surface area contributed by atoms with Crippen molar-refractivity contribution < 1.29 is 9.21 Å². The molecule has 2 aromatic rings. The molecule has 0 saturated carbocycles. The highest BCUT2D eigenvalue weighted by atomic mass is 16.3. The summed E-state index contributed by atoms with van der Waals surface area (Å²) >= 11 is 0. The summed E-state index contributed by atoms with van der Waals surface area (Å²) in [5.74, 6) is 0.500. The average molecular weight is 281 g/mol. The van der Waals surface area contributed by atoms with Gasteiger partial charge in [-0.3, -0.25) is 4.79 Å². The second-order valence-electron chi connectivity index (χ2n) is 5.10. The molecule has 1 aliphatic rings. The van der Waals surface area contributed by atoms with Crippen LogP contribution in [0.25, 0.3) is 11.3 Å². The lowest BCUT2D eigenvalue weighted by atomic mass is 10.0. The van der Waals surface area contributed by atoms with E-state index in [1.54, 1.807) is 36.3 Å². The molecule has 2 aromatic heterocycles. The zero-order valence-corrected chi connectivity index (χ0v) is 11.8. The van der Waals surface area contributed by atoms with Crippen LogP contribution in [0.5, 0.6) is 0 Å². The predicted molar refractivity (Wildman–Crippen MR) is 76.5 cm³/mol. The van der Waals surface area contributed by atoms with Gasteiger partial charge >= 0.3 is 0 Å². The molecule has 5 heteroatoms. The molecule has 1 saturated heterocycles. The van der Waals surface area contributed by atoms with Crippen LogP contribution < -0.4 is 0 Å². The Bertz CT molecular complexity index is 708. The van der Waals surface area contributed by atoms with Gasteiger partial charge < -0.3 is 9.32 Å². The van der Waals surface area contributed by atoms with Crippen LogP contribution in [0.1, 0.15) is 34.6 Å². The Morgan fingerprint density at radius 2 is 2.19 bits per heavy atom. The lowest BCUT2D eigenvalue weighted by Gasteiger charge is -2.16. The summed E-state index contributed by atoms with van der Waals surface area (Å²) in [6.07, 6.45) is 3.62. The Balaban J connectivity index is 2.07. The van der Waals surface area contributed by atoms with E-state index in [0.29, 0.717) is 28.3 Å². The summed E-state index contributed by atoms with van der Waals surface area (Å²) in [4.78, 5) is 18.6. The second-order valence-corrected chi connectivity index (χ2v) is 5.10. The van der Waals surface area contributed by atoms with Gasteiger partial charge in [-0.05, 0) is 38.0 Å². The molecule has 0 aliphatic carbocycles. The standard InChI is InChI=1S/C16H15N3O2/c1-11-13(10-17)12(15-5-4-8-21-15)9-14(18-11)16(20)19-6-2-3-7-19/h4-5,8-9H,2-3,6-7H2,1H3. The quantitative estimate of drug-likeness (QED) is 0.848. The number of furan rings is 1. The maximum Gasteiger partial charge on any atom is 0.272 e. The van der Waals surface area contributed by atoms with Crippen molar-refractivity contribution in [1.29, 1.82) is 5.26 Å². The Hall–Kier alpha value is -2.61. The molecule has 1 amide bonds. The highest BCUT2D eigenvalue weighted by Gasteiger charge is 2.23. The summed E-state index contributed by atoms with van der Waals surface area (Å²) in [5.41, 5.74) is 1.99. The number of carbonyl (C=O) groups is 1. The van der Waals surface area contributed by atoms with E-state index >= 15 is 0 Å². The van der Waals surface area contributed by atoms with Crippen LogP contribution in [-0.2, 0) is 0 Å². The lowest BCUT2D eigenvalue weighted by molar-refractivity contribution is 0.0787. The largest absolute Gasteiger partial charge is 0.464 e. The van der Waals surface area contributed by atoms with E-state index in [-0.39, 0.29) is 5.91 Å². The van der Waals surface area contributed by atoms with Crippen LogP contribution >= 0.6 is 0 Å². The first-order valence-electron chi connectivity index (χ1n) is 6.95. The Morgan fingerprint density at radius 3 is 2.81 bits per heavy atom. The maximum absolute atomic E-state index is 12.5. The minimum absolute atomic E-state index is 0.0760. The summed E-state index contributed by atoms with van der Waals surface area (Å²) in [6.45, 7) is 3.29. The minimum atomic E-state index is -0.0760. The van der Waals surface area contributed by atoms with Crippen molar-refractivity contribution >= 4 is 5.91 Å². The smallest absolute Gasteiger partial charge is 0.272 e. The van der Waals surface area contributed by atoms with Crippen molar-refractivity contribution in [2.75, 3.05) is 13.1 Å². The fraction of sp³-hybridized carbons (Fsp3) is 0.312. The molecule has 3 heterocycles. The number of amides is 1. The van der Waals surface area contributed by atoms with E-state index < -0.39 is 0 Å². The molecular weight excluding hydrogens is 266 g/mol. The molecule has 1 aliphatic heterocycles. The third-order valence-corrected chi connectivity index (χ3v) is 3.71. The van der Waals surface area contributed by atoms with Crippen LogP contribution in [0.15, 0.2) is 28.9 Å². The van der Waals surface area contributed by atoms with Crippen LogP contribution in [0.3, 0.4) is 0 Å². The monoisotopic (exact) mass is 281 g/mol. The summed E-state index contributed by atoms with van der Waals surface area (Å²) in [5, 5.41) is 9.31. The molecule has 5 nitrogen and oxygen atoms in total. The highest BCUT2D eigenvalue weighted by Crippen LogP contribution is 2.27. The van der Waals surface area contributed by atoms with Gasteiger partial charge in [-0.1, -0.05) is 0 Å². The van der Waals surface area contributed by atoms with Crippen molar-refractivity contribution in [2.24, 2.45) is 0 Å². The van der Waals surface area contributed by atoms with Gasteiger partial charge in [0.05, 0.1) is 17.5 Å². The number of carbonyl (C=O) groups excluding carboxylic acids is 1. The molecule has 106 valence electrons. The topological polar surface area (TPSA) is 70.1 Å². The Morgan fingerprint density at radius 1 is 1.43 bits per heavy atom. The first-order chi connectivity index (χ1) is 10.2. The van der Waals surface area contributed by atoms with Gasteiger partial charge in [0.1, 0.15) is 17.5 Å². The van der Waals surface area contributed by atoms with Crippen LogP contribution in [0, 0.1) is 18.3 Å². The number of likely N-dealkylation sites (tertiary alicyclic amines) is 1. The highest BCUT2D eigenvalue weighted by molar-refractivity contribution is 5.94. The van der Waals surface area contributed by atoms with E-state index in [0.717, 1.165) is 25.9 Å². The van der Waals surface area contributed by atoms with Gasteiger partial charge in [0.2, 0.25) is 0 Å². The molecule has 0 spiro atoms. The number of pyridine rings is 1. The lowest BCUT2D eigenvalue weighted by Crippen LogP contribution is -2.28. The van der Waals surface area contributed by atoms with E-state index in [2.05, 4.69) is 11.1 Å². The summed E-state index contributed by atoms with van der Waals surface area (Å²) in [6, 6.07) is 7.33. The van der Waals surface area contributed by atoms with Crippen LogP contribution in [0.4, 0.5) is 0 Å². The molecule has 0 radical (unpaired) electrons. The van der Waals surface area contributed by atoms with Gasteiger partial charge in [0.25, 0.3) is 5.91 Å². The van der Waals surface area contributed by atoms with E-state index in [9.17, 15) is 10.1 Å². The average Bonchev–Trinajstić information content (AvgIpc) is 3.18. The minimum Gasteiger partial charge on any atom is -0.464 e. The fourth-order valence-electron chi connectivity index (χ4n) is 2.63. The van der Waals surface area contributed by atoms with Gasteiger partial charge in [-0.15, -0.1) is 0 Å². The number of nitrogens with zero attached hydrogens (tertiary/aromatic N) is 3. The maximum atomic E-state index is 12.5. The van der Waals surface area contributed by atoms with E-state index in [1.165, 1.54) is 0 Å². The molecule has 21 heavy (non-hydrogen) atoms. The van der Waals surface area contributed by atoms with E-state index in [1.807, 2.05) is 0 Å². The summed E-state index contributed by atoms with van der Waals surface area (Å²) in [7, 11) is 0. The molecule has 0 N–H and O–H groups in total. The third kappa shape index (κ3) is 2.40. The Kier molecular flexibility index (Phi) is 3.44. The SMILES string of the molecule is Cc1nc(C(=O)N2CCCC2)cc(-c2ccco2)c1C#N. The number of nitriles is 1. The normalized spacial score (nSPS) is 14.2. The number of aryl methyl sites for hydroxylation is 1. The predicted octanol–water partition coefficient (Wildman–Crippen LogP) is 2.76. The number of hydrogen-bond donors (Lipinski definition) is 0. The summed E-state index contributed by atoms with van der Waals surface area (Å²) < 4.78 is 5.37. The molecule has 0 unspecified atom stereocenters. The Labute approximate surface area is 122 Å². The number of hydrogen-bond acceptors (Lipinski definition) is 4. The molecular formula is C16H15N3O2. The molecule has 0 aromatic carbocycles. The van der Waals surface area contributed by atoms with E-state index in [4.69, 9.17) is 4.42 Å². The molecule has 3 rings (SSSR count). The van der Waals surface area contributed by atoms with Crippen molar-refractivity contribution in [3.63, 3.8) is 0 Å². The molecule has 0 atom stereocenters. The third-order valence-electron chi connectivity index (χ3n) is 3.71. The van der Waals surface area contributed by atoms with Gasteiger partial charge in [0.15, 0.2) is 0 Å². The van der Waals surface area contributed by atoms with Crippen molar-refractivity contribution in [3.8, 4) is 17.4 Å². The first-order valence-corrected chi connectivity index (χ1v) is 6.95. The first kappa shape index (κ1) is 13.4. The second kappa shape index (κ2) is 5.41. The van der Waals surface area contributed by atoms with Crippen LogP contribution in [0.2, 0.25) is 0 Å². The van der Waals surface area contributed by atoms with Gasteiger partial charge in [-0.2, -0.15) is 5.26 Å². The number of aromatic nitrogens is 1. The molecule has 1 fully saturated rings.